The van der Waals surface area contributed by atoms with Crippen LogP contribution in [0.5, 0.6) is 5.75 Å². The Morgan fingerprint density at radius 1 is 0.941 bits per heavy atom. The van der Waals surface area contributed by atoms with E-state index in [0.29, 0.717) is 15.8 Å². The Kier molecular flexibility index (Phi) is 5.95. The maximum absolute atomic E-state index is 12.7. The highest BCUT2D eigenvalue weighted by Gasteiger charge is 2.19. The van der Waals surface area contributed by atoms with Crippen LogP contribution < -0.4 is 16.0 Å². The summed E-state index contributed by atoms with van der Waals surface area (Å²) in [5.41, 5.74) is -0.858. The van der Waals surface area contributed by atoms with Crippen molar-refractivity contribution in [2.45, 2.75) is 6.61 Å². The van der Waals surface area contributed by atoms with Crippen molar-refractivity contribution in [3.05, 3.63) is 119 Å². The molecule has 0 aliphatic carbocycles. The fourth-order valence-electron chi connectivity index (χ4n) is 3.19. The average molecular weight is 461 g/mol. The molecule has 0 bridgehead atoms. The lowest BCUT2D eigenvalue weighted by Crippen LogP contribution is -2.32. The number of aromatic amines is 1. The standard InChI is InChI=1S/C22H15N5O7/c28-21-17-5-1-2-6-18(17)24-22(29)25(21)23-12-15-4-3-7-19(27(32)33)20(15)34-13-14-8-10-16(11-9-14)26(30)31/h1-12H,13H2,(H,24,29). The Morgan fingerprint density at radius 3 is 2.38 bits per heavy atom. The second-order valence-corrected chi connectivity index (χ2v) is 7.00. The molecule has 0 radical (unpaired) electrons. The van der Waals surface area contributed by atoms with Crippen LogP contribution in [-0.2, 0) is 6.61 Å². The van der Waals surface area contributed by atoms with Gasteiger partial charge in [0.2, 0.25) is 5.75 Å². The molecule has 1 aromatic heterocycles. The summed E-state index contributed by atoms with van der Waals surface area (Å²) in [6.07, 6.45) is 1.11. The van der Waals surface area contributed by atoms with Gasteiger partial charge in [0.1, 0.15) is 6.61 Å². The number of hydrogen-bond acceptors (Lipinski definition) is 8. The molecule has 12 nitrogen and oxygen atoms in total. The maximum Gasteiger partial charge on any atom is 0.349 e. The van der Waals surface area contributed by atoms with Crippen molar-refractivity contribution >= 4 is 28.5 Å². The van der Waals surface area contributed by atoms with Crippen LogP contribution in [0.3, 0.4) is 0 Å². The lowest BCUT2D eigenvalue weighted by molar-refractivity contribution is -0.386. The van der Waals surface area contributed by atoms with Crippen LogP contribution in [0.1, 0.15) is 11.1 Å². The fourth-order valence-corrected chi connectivity index (χ4v) is 3.19. The highest BCUT2D eigenvalue weighted by atomic mass is 16.6. The van der Waals surface area contributed by atoms with E-state index < -0.39 is 21.1 Å². The number of nitrogens with zero attached hydrogens (tertiary/aromatic N) is 4. The van der Waals surface area contributed by atoms with Gasteiger partial charge in [0.15, 0.2) is 0 Å². The number of benzene rings is 3. The minimum atomic E-state index is -0.779. The van der Waals surface area contributed by atoms with E-state index in [-0.39, 0.29) is 34.7 Å². The van der Waals surface area contributed by atoms with Gasteiger partial charge in [-0.05, 0) is 35.9 Å². The van der Waals surface area contributed by atoms with Gasteiger partial charge in [-0.1, -0.05) is 18.2 Å². The molecule has 0 amide bonds. The Balaban J connectivity index is 1.70. The molecule has 1 N–H and O–H groups in total. The first kappa shape index (κ1) is 22.1. The van der Waals surface area contributed by atoms with Crippen LogP contribution in [0.2, 0.25) is 0 Å². The van der Waals surface area contributed by atoms with Gasteiger partial charge in [-0.3, -0.25) is 25.0 Å². The van der Waals surface area contributed by atoms with Gasteiger partial charge in [0, 0.05) is 23.8 Å². The normalized spacial score (nSPS) is 11.1. The van der Waals surface area contributed by atoms with Crippen LogP contribution in [0.4, 0.5) is 11.4 Å². The second-order valence-electron chi connectivity index (χ2n) is 7.00. The Labute approximate surface area is 189 Å². The zero-order chi connectivity index (χ0) is 24.2. The van der Waals surface area contributed by atoms with E-state index in [1.165, 1.54) is 48.5 Å². The molecule has 3 aromatic carbocycles. The van der Waals surface area contributed by atoms with E-state index >= 15 is 0 Å². The van der Waals surface area contributed by atoms with Crippen molar-refractivity contribution in [3.63, 3.8) is 0 Å². The zero-order valence-corrected chi connectivity index (χ0v) is 17.3. The number of para-hydroxylation sites is 2. The first-order valence-corrected chi connectivity index (χ1v) is 9.77. The van der Waals surface area contributed by atoms with Gasteiger partial charge in [0.25, 0.3) is 11.2 Å². The van der Waals surface area contributed by atoms with Gasteiger partial charge in [0.05, 0.1) is 27.0 Å². The number of nitrogens with one attached hydrogen (secondary N) is 1. The molecule has 0 spiro atoms. The van der Waals surface area contributed by atoms with Crippen molar-refractivity contribution < 1.29 is 14.6 Å². The summed E-state index contributed by atoms with van der Waals surface area (Å²) in [7, 11) is 0. The molecule has 0 aliphatic rings. The third-order valence-electron chi connectivity index (χ3n) is 4.85. The van der Waals surface area contributed by atoms with Gasteiger partial charge in [-0.25, -0.2) is 4.79 Å². The van der Waals surface area contributed by atoms with E-state index in [0.717, 1.165) is 6.21 Å². The quantitative estimate of drug-likeness (QED) is 0.251. The van der Waals surface area contributed by atoms with E-state index in [1.54, 1.807) is 18.2 Å². The average Bonchev–Trinajstić information content (AvgIpc) is 2.83. The predicted molar refractivity (Wildman–Crippen MR) is 122 cm³/mol. The first-order chi connectivity index (χ1) is 16.3. The van der Waals surface area contributed by atoms with Gasteiger partial charge < -0.3 is 9.72 Å². The molecule has 0 fully saturated rings. The first-order valence-electron chi connectivity index (χ1n) is 9.77. The largest absolute Gasteiger partial charge is 0.481 e. The van der Waals surface area contributed by atoms with Crippen molar-refractivity contribution in [2.24, 2.45) is 5.10 Å². The molecule has 170 valence electrons. The van der Waals surface area contributed by atoms with Crippen molar-refractivity contribution in [1.82, 2.24) is 9.66 Å². The molecule has 4 aromatic rings. The van der Waals surface area contributed by atoms with Crippen LogP contribution >= 0.6 is 0 Å². The maximum atomic E-state index is 12.7. The number of rotatable bonds is 7. The summed E-state index contributed by atoms with van der Waals surface area (Å²) in [6, 6.07) is 16.1. The smallest absolute Gasteiger partial charge is 0.349 e. The summed E-state index contributed by atoms with van der Waals surface area (Å²) in [4.78, 5) is 48.7. The predicted octanol–water partition coefficient (Wildman–Crippen LogP) is 2.97. The molecule has 0 saturated heterocycles. The molecule has 0 unspecified atom stereocenters. The number of non-ortho nitro benzene ring substituents is 1. The topological polar surface area (TPSA) is 163 Å². The van der Waals surface area contributed by atoms with Crippen LogP contribution in [0.15, 0.2) is 81.4 Å². The molecule has 34 heavy (non-hydrogen) atoms. The van der Waals surface area contributed by atoms with Gasteiger partial charge in [-0.15, -0.1) is 4.68 Å². The highest BCUT2D eigenvalue weighted by molar-refractivity contribution is 5.86. The number of aromatic nitrogens is 2. The Hall–Kier alpha value is -5.13. The third kappa shape index (κ3) is 4.41. The number of H-pyrrole nitrogens is 1. The van der Waals surface area contributed by atoms with E-state index in [4.69, 9.17) is 4.74 Å². The third-order valence-corrected chi connectivity index (χ3v) is 4.85. The summed E-state index contributed by atoms with van der Waals surface area (Å²) in [5.74, 6) is -0.139. The summed E-state index contributed by atoms with van der Waals surface area (Å²) >= 11 is 0. The molecule has 1 heterocycles. The summed E-state index contributed by atoms with van der Waals surface area (Å²) in [5, 5.41) is 26.5. The lowest BCUT2D eigenvalue weighted by Gasteiger charge is -2.10. The SMILES string of the molecule is O=c1[nH]c2ccccc2c(=O)n1N=Cc1cccc([N+](=O)[O-])c1OCc1ccc([N+](=O)[O-])cc1. The van der Waals surface area contributed by atoms with Crippen molar-refractivity contribution in [3.8, 4) is 5.75 Å². The van der Waals surface area contributed by atoms with E-state index in [2.05, 4.69) is 10.1 Å². The van der Waals surface area contributed by atoms with Crippen LogP contribution in [0, 0.1) is 20.2 Å². The molecule has 0 atom stereocenters. The molecular weight excluding hydrogens is 446 g/mol. The van der Waals surface area contributed by atoms with E-state index in [9.17, 15) is 29.8 Å². The highest BCUT2D eigenvalue weighted by Crippen LogP contribution is 2.31. The van der Waals surface area contributed by atoms with Crippen LogP contribution in [-0.4, -0.2) is 25.7 Å². The van der Waals surface area contributed by atoms with Crippen molar-refractivity contribution in [2.75, 3.05) is 0 Å². The minimum absolute atomic E-state index is 0.103. The Bertz CT molecular complexity index is 1550. The summed E-state index contributed by atoms with van der Waals surface area (Å²) < 4.78 is 6.27. The molecule has 4 rings (SSSR count). The number of fused-ring (bicyclic) bond motifs is 1. The zero-order valence-electron chi connectivity index (χ0n) is 17.3. The minimum Gasteiger partial charge on any atom is -0.481 e. The van der Waals surface area contributed by atoms with Crippen LogP contribution in [0.25, 0.3) is 10.9 Å². The summed E-state index contributed by atoms with van der Waals surface area (Å²) in [6.45, 7) is -0.125. The molecular formula is C22H15N5O7. The lowest BCUT2D eigenvalue weighted by atomic mass is 10.2. The Morgan fingerprint density at radius 2 is 1.68 bits per heavy atom. The number of ether oxygens (including phenoxy) is 1. The number of nitro groups is 2. The van der Waals surface area contributed by atoms with Gasteiger partial charge >= 0.3 is 11.4 Å². The number of hydrogen-bond donors (Lipinski definition) is 1. The second kappa shape index (κ2) is 9.16. The molecule has 0 saturated carbocycles. The van der Waals surface area contributed by atoms with Gasteiger partial charge in [-0.2, -0.15) is 5.10 Å². The number of nitro benzene ring substituents is 2. The van der Waals surface area contributed by atoms with Crippen molar-refractivity contribution in [1.29, 1.82) is 0 Å². The molecule has 0 aliphatic heterocycles. The fraction of sp³-hybridized carbons (Fsp3) is 0.0455. The molecule has 12 heteroatoms. The van der Waals surface area contributed by atoms with E-state index in [1.807, 2.05) is 0 Å². The monoisotopic (exact) mass is 461 g/mol.